The van der Waals surface area contributed by atoms with Crippen LogP contribution in [0.3, 0.4) is 0 Å². The Hall–Kier alpha value is -1.78. The fraction of sp³-hybridized carbons (Fsp3) is 0.222. The van der Waals surface area contributed by atoms with Crippen LogP contribution in [0.2, 0.25) is 0 Å². The van der Waals surface area contributed by atoms with E-state index in [-0.39, 0.29) is 12.3 Å². The van der Waals surface area contributed by atoms with E-state index in [1.165, 1.54) is 17.4 Å². The second-order valence-corrected chi connectivity index (χ2v) is 3.43. The van der Waals surface area contributed by atoms with Crippen LogP contribution in [-0.4, -0.2) is 12.6 Å². The Bertz CT molecular complexity index is 405. The molecule has 0 N–H and O–H groups in total. The Balaban J connectivity index is 2.92. The lowest BCUT2D eigenvalue weighted by atomic mass is 10.3. The van der Waals surface area contributed by atoms with Gasteiger partial charge in [-0.15, -0.1) is 11.3 Å². The molecule has 0 saturated heterocycles. The molecular weight excluding hydrogens is 214 g/mol. The van der Waals surface area contributed by atoms with E-state index in [1.807, 2.05) is 17.5 Å². The molecule has 0 radical (unpaired) electrons. The highest BCUT2D eigenvalue weighted by Crippen LogP contribution is 2.15. The van der Waals surface area contributed by atoms with Crippen LogP contribution in [0.5, 0.6) is 0 Å². The zero-order chi connectivity index (χ0) is 11.1. The first-order chi connectivity index (χ1) is 7.27. The van der Waals surface area contributed by atoms with Gasteiger partial charge in [-0.1, -0.05) is 11.2 Å². The Morgan fingerprint density at radius 3 is 3.13 bits per heavy atom. The Morgan fingerprint density at radius 2 is 2.60 bits per heavy atom. The number of rotatable bonds is 4. The Morgan fingerprint density at radius 1 is 1.80 bits per heavy atom. The van der Waals surface area contributed by atoms with Crippen molar-refractivity contribution < 1.29 is 9.53 Å². The normalized spacial score (nSPS) is 10.6. The van der Waals surface area contributed by atoms with Gasteiger partial charge in [0.25, 0.3) is 0 Å². The molecule has 1 aromatic rings. The Labute approximate surface area is 90.6 Å². The summed E-state index contributed by atoms with van der Waals surface area (Å²) < 4.78 is 4.74. The van der Waals surface area contributed by atoms with Crippen molar-refractivity contribution in [1.82, 2.24) is 0 Å². The molecule has 1 heterocycles. The minimum absolute atomic E-state index is 0.0261. The van der Waals surface area contributed by atoms with E-state index in [2.05, 4.69) is 10.0 Å². The average molecular weight is 223 g/mol. The van der Waals surface area contributed by atoms with Crippen molar-refractivity contribution in [1.29, 1.82) is 0 Å². The zero-order valence-electron chi connectivity index (χ0n) is 8.08. The molecular formula is C9H9N3O2S. The third kappa shape index (κ3) is 3.46. The lowest BCUT2D eigenvalue weighted by Crippen LogP contribution is -2.05. The van der Waals surface area contributed by atoms with Crippen molar-refractivity contribution in [3.63, 3.8) is 0 Å². The topological polar surface area (TPSA) is 75.1 Å². The molecule has 0 atom stereocenters. The van der Waals surface area contributed by atoms with E-state index < -0.39 is 5.97 Å². The van der Waals surface area contributed by atoms with Gasteiger partial charge in [0, 0.05) is 9.79 Å². The number of hydrogen-bond donors (Lipinski definition) is 0. The number of esters is 1. The minimum Gasteiger partial charge on any atom is -0.462 e. The van der Waals surface area contributed by atoms with Gasteiger partial charge in [-0.05, 0) is 30.0 Å². The average Bonchev–Trinajstić information content (AvgIpc) is 2.70. The minimum atomic E-state index is -0.608. The van der Waals surface area contributed by atoms with Gasteiger partial charge in [0.1, 0.15) is 5.70 Å². The van der Waals surface area contributed by atoms with E-state index in [0.717, 1.165) is 4.88 Å². The van der Waals surface area contributed by atoms with Gasteiger partial charge in [-0.3, -0.25) is 0 Å². The van der Waals surface area contributed by atoms with E-state index in [1.54, 1.807) is 6.92 Å². The van der Waals surface area contributed by atoms with Gasteiger partial charge >= 0.3 is 5.97 Å². The summed E-state index contributed by atoms with van der Waals surface area (Å²) in [5.74, 6) is -0.608. The summed E-state index contributed by atoms with van der Waals surface area (Å²) in [6, 6.07) is 3.66. The van der Waals surface area contributed by atoms with E-state index in [9.17, 15) is 4.79 Å². The molecule has 1 rings (SSSR count). The molecule has 78 valence electrons. The predicted molar refractivity (Wildman–Crippen MR) is 58.1 cm³/mol. The molecule has 5 nitrogen and oxygen atoms in total. The number of thiophene rings is 1. The van der Waals surface area contributed by atoms with Crippen LogP contribution in [0.15, 0.2) is 28.3 Å². The summed E-state index contributed by atoms with van der Waals surface area (Å²) >= 11 is 1.45. The zero-order valence-corrected chi connectivity index (χ0v) is 8.90. The van der Waals surface area contributed by atoms with Crippen LogP contribution in [-0.2, 0) is 9.53 Å². The van der Waals surface area contributed by atoms with Crippen LogP contribution in [0.4, 0.5) is 0 Å². The molecule has 0 aromatic carbocycles. The number of carbonyl (C=O) groups is 1. The standard InChI is InChI=1S/C9H9N3O2S/c1-2-14-9(13)8(11-12-10)6-7-4-3-5-15-7/h3-6H,2H2,1H3/b8-6-. The maximum Gasteiger partial charge on any atom is 0.340 e. The van der Waals surface area contributed by atoms with E-state index in [0.29, 0.717) is 0 Å². The van der Waals surface area contributed by atoms with Crippen molar-refractivity contribution >= 4 is 23.4 Å². The number of ether oxygens (including phenoxy) is 1. The maximum absolute atomic E-state index is 11.3. The van der Waals surface area contributed by atoms with E-state index >= 15 is 0 Å². The van der Waals surface area contributed by atoms with Gasteiger partial charge < -0.3 is 4.74 Å². The summed E-state index contributed by atoms with van der Waals surface area (Å²) in [5.41, 5.74) is 8.27. The van der Waals surface area contributed by atoms with Crippen molar-refractivity contribution in [2.45, 2.75) is 6.92 Å². The third-order valence-corrected chi connectivity index (χ3v) is 2.28. The highest BCUT2D eigenvalue weighted by atomic mass is 32.1. The van der Waals surface area contributed by atoms with Crippen LogP contribution >= 0.6 is 11.3 Å². The summed E-state index contributed by atoms with van der Waals surface area (Å²) in [4.78, 5) is 14.7. The van der Waals surface area contributed by atoms with Gasteiger partial charge in [0.2, 0.25) is 0 Å². The number of azide groups is 1. The fourth-order valence-corrected chi connectivity index (χ4v) is 1.54. The molecule has 0 aliphatic heterocycles. The SMILES string of the molecule is CCOC(=O)/C(=C/c1cccs1)N=[N+]=[N-]. The van der Waals surface area contributed by atoms with Crippen LogP contribution in [0.1, 0.15) is 11.8 Å². The van der Waals surface area contributed by atoms with Crippen molar-refractivity contribution in [3.05, 3.63) is 38.5 Å². The Kier molecular flexibility index (Phi) is 4.40. The third-order valence-electron chi connectivity index (χ3n) is 1.46. The molecule has 0 amide bonds. The van der Waals surface area contributed by atoms with Gasteiger partial charge in [-0.25, -0.2) is 4.79 Å². The van der Waals surface area contributed by atoms with E-state index in [4.69, 9.17) is 10.3 Å². The molecule has 0 fully saturated rings. The second kappa shape index (κ2) is 5.85. The summed E-state index contributed by atoms with van der Waals surface area (Å²) in [6.45, 7) is 1.94. The summed E-state index contributed by atoms with van der Waals surface area (Å²) in [6.07, 6.45) is 1.50. The summed E-state index contributed by atoms with van der Waals surface area (Å²) in [7, 11) is 0. The highest BCUT2D eigenvalue weighted by Gasteiger charge is 2.08. The largest absolute Gasteiger partial charge is 0.462 e. The lowest BCUT2D eigenvalue weighted by molar-refractivity contribution is -0.138. The molecule has 0 saturated carbocycles. The number of hydrogen-bond acceptors (Lipinski definition) is 4. The smallest absolute Gasteiger partial charge is 0.340 e. The van der Waals surface area contributed by atoms with Crippen molar-refractivity contribution in [2.75, 3.05) is 6.61 Å². The first-order valence-corrected chi connectivity index (χ1v) is 5.13. The molecule has 1 aromatic heterocycles. The van der Waals surface area contributed by atoms with Gasteiger partial charge in [-0.2, -0.15) is 0 Å². The second-order valence-electron chi connectivity index (χ2n) is 2.45. The molecule has 0 aliphatic carbocycles. The number of carbonyl (C=O) groups excluding carboxylic acids is 1. The van der Waals surface area contributed by atoms with Crippen LogP contribution < -0.4 is 0 Å². The number of nitrogens with zero attached hydrogens (tertiary/aromatic N) is 3. The highest BCUT2D eigenvalue weighted by molar-refractivity contribution is 7.10. The van der Waals surface area contributed by atoms with Crippen LogP contribution in [0, 0.1) is 0 Å². The monoisotopic (exact) mass is 223 g/mol. The maximum atomic E-state index is 11.3. The van der Waals surface area contributed by atoms with Gasteiger partial charge in [0.15, 0.2) is 0 Å². The molecule has 6 heteroatoms. The molecule has 15 heavy (non-hydrogen) atoms. The quantitative estimate of drug-likeness (QED) is 0.259. The molecule has 0 aliphatic rings. The summed E-state index contributed by atoms with van der Waals surface area (Å²) in [5, 5.41) is 5.16. The van der Waals surface area contributed by atoms with Crippen molar-refractivity contribution in [2.24, 2.45) is 5.11 Å². The van der Waals surface area contributed by atoms with Gasteiger partial charge in [0.05, 0.1) is 6.61 Å². The first kappa shape index (κ1) is 11.3. The van der Waals surface area contributed by atoms with Crippen LogP contribution in [0.25, 0.3) is 16.5 Å². The molecule has 0 bridgehead atoms. The first-order valence-electron chi connectivity index (χ1n) is 4.25. The molecule has 0 spiro atoms. The predicted octanol–water partition coefficient (Wildman–Crippen LogP) is 2.96. The van der Waals surface area contributed by atoms with Crippen molar-refractivity contribution in [3.8, 4) is 0 Å². The molecule has 0 unspecified atom stereocenters. The fourth-order valence-electron chi connectivity index (χ4n) is 0.890. The lowest BCUT2D eigenvalue weighted by Gasteiger charge is -1.99.